The maximum atomic E-state index is 14.1. The molecule has 74 heavy (non-hydrogen) atoms. The Labute approximate surface area is 453 Å². The number of carbonyl (C=O) groups is 2. The third kappa shape index (κ3) is 13.7. The van der Waals surface area contributed by atoms with E-state index in [4.69, 9.17) is 28.4 Å². The van der Waals surface area contributed by atoms with E-state index in [-0.39, 0.29) is 59.0 Å². The molecular formula is C66H114O8. The molecule has 8 aliphatic rings. The molecule has 0 bridgehead atoms. The lowest BCUT2D eigenvalue weighted by Gasteiger charge is -2.49. The normalized spacial score (nSPS) is 40.5. The van der Waals surface area contributed by atoms with Crippen LogP contribution in [0.25, 0.3) is 0 Å². The minimum Gasteiger partial charge on any atom is -0.462 e. The number of hydrogen-bond acceptors (Lipinski definition) is 8. The molecule has 8 saturated carbocycles. The van der Waals surface area contributed by atoms with Gasteiger partial charge in [0.2, 0.25) is 0 Å². The molecule has 6 unspecified atom stereocenters. The van der Waals surface area contributed by atoms with Crippen LogP contribution in [0, 0.1) is 86.8 Å². The van der Waals surface area contributed by atoms with Gasteiger partial charge in [0.05, 0.1) is 42.4 Å². The van der Waals surface area contributed by atoms with Crippen LogP contribution in [0.3, 0.4) is 0 Å². The van der Waals surface area contributed by atoms with Crippen LogP contribution >= 0.6 is 0 Å². The molecule has 0 radical (unpaired) electrons. The van der Waals surface area contributed by atoms with Crippen molar-refractivity contribution in [2.24, 2.45) is 86.8 Å². The maximum absolute atomic E-state index is 14.1. The van der Waals surface area contributed by atoms with E-state index in [9.17, 15) is 9.59 Å². The zero-order valence-electron chi connectivity index (χ0n) is 49.9. The summed E-state index contributed by atoms with van der Waals surface area (Å²) in [5, 5.41) is 0. The van der Waals surface area contributed by atoms with Crippen LogP contribution in [0.1, 0.15) is 255 Å². The molecule has 426 valence electrons. The summed E-state index contributed by atoms with van der Waals surface area (Å²) in [7, 11) is 5.46. The third-order valence-electron chi connectivity index (χ3n) is 24.9. The lowest BCUT2D eigenvalue weighted by molar-refractivity contribution is -0.167. The van der Waals surface area contributed by atoms with Crippen molar-refractivity contribution in [3.05, 3.63) is 0 Å². The molecule has 0 aromatic rings. The standard InChI is InChI=1S/C66H114O8/c1-43-13-15-44(16-14-43)63(2,3)46-23-35-55(36-24-46)73-61(67)57-41-50(27-39-59(57)70-11)65(6,7)48-19-31-53(32-20-48)72-54-33-21-49(22-34-54)66(8,9)51-28-40-60(71-12)58(42-51)62(68)74-56-37-25-47(26-38-56)64(4,5)45-17-29-52(69-10)30-18-45/h43-60H,13-42H2,1-12H3. The van der Waals surface area contributed by atoms with Gasteiger partial charge in [-0.1, -0.05) is 75.2 Å². The number of esters is 2. The average molecular weight is 1040 g/mol. The Morgan fingerprint density at radius 3 is 0.865 bits per heavy atom. The largest absolute Gasteiger partial charge is 0.462 e. The molecule has 0 N–H and O–H groups in total. The molecule has 8 heteroatoms. The van der Waals surface area contributed by atoms with Crippen molar-refractivity contribution in [2.75, 3.05) is 21.3 Å². The number of ether oxygens (including phenoxy) is 6. The van der Waals surface area contributed by atoms with E-state index in [1.165, 1.54) is 89.9 Å². The van der Waals surface area contributed by atoms with E-state index in [0.29, 0.717) is 58.7 Å². The molecule has 0 aliphatic heterocycles. The molecule has 6 atom stereocenters. The quantitative estimate of drug-likeness (QED) is 0.133. The Kier molecular flexibility index (Phi) is 20.3. The summed E-state index contributed by atoms with van der Waals surface area (Å²) in [6.07, 6.45) is 35.7. The number of methoxy groups -OCH3 is 3. The first kappa shape index (κ1) is 58.9. The fraction of sp³-hybridized carbons (Fsp3) is 0.970. The summed E-state index contributed by atoms with van der Waals surface area (Å²) < 4.78 is 37.6. The third-order valence-corrected chi connectivity index (χ3v) is 24.9. The van der Waals surface area contributed by atoms with Crippen LogP contribution in [0.15, 0.2) is 0 Å². The van der Waals surface area contributed by atoms with Crippen LogP contribution in [0.4, 0.5) is 0 Å². The molecule has 8 fully saturated rings. The van der Waals surface area contributed by atoms with E-state index >= 15 is 0 Å². The van der Waals surface area contributed by atoms with Crippen LogP contribution in [-0.4, -0.2) is 76.0 Å². The van der Waals surface area contributed by atoms with Gasteiger partial charge in [-0.25, -0.2) is 0 Å². The average Bonchev–Trinajstić information content (AvgIpc) is 3.41. The van der Waals surface area contributed by atoms with Crippen LogP contribution < -0.4 is 0 Å². The van der Waals surface area contributed by atoms with Gasteiger partial charge in [-0.3, -0.25) is 9.59 Å². The number of rotatable bonds is 17. The lowest BCUT2D eigenvalue weighted by Crippen LogP contribution is -2.45. The topological polar surface area (TPSA) is 89.5 Å². The van der Waals surface area contributed by atoms with Gasteiger partial charge in [0.15, 0.2) is 0 Å². The van der Waals surface area contributed by atoms with Gasteiger partial charge in [-0.05, 0) is 255 Å². The predicted molar refractivity (Wildman–Crippen MR) is 299 cm³/mol. The summed E-state index contributed by atoms with van der Waals surface area (Å²) in [5.74, 6) is 5.85. The second-order valence-electron chi connectivity index (χ2n) is 29.6. The lowest BCUT2D eigenvalue weighted by atomic mass is 9.59. The second-order valence-corrected chi connectivity index (χ2v) is 29.6. The fourth-order valence-corrected chi connectivity index (χ4v) is 18.6. The highest BCUT2D eigenvalue weighted by Gasteiger charge is 2.50. The van der Waals surface area contributed by atoms with Gasteiger partial charge in [0, 0.05) is 21.3 Å². The first-order chi connectivity index (χ1) is 35.2. The minimum absolute atomic E-state index is 0.00174. The second kappa shape index (κ2) is 25.5. The molecule has 0 heterocycles. The first-order valence-corrected chi connectivity index (χ1v) is 31.9. The summed E-state index contributed by atoms with van der Waals surface area (Å²) in [5.41, 5.74) is 1.00. The van der Waals surface area contributed by atoms with E-state index in [0.717, 1.165) is 126 Å². The Morgan fingerprint density at radius 2 is 0.568 bits per heavy atom. The SMILES string of the molecule is COC1CCC(C(C)(C)C2CCC(OC(=O)C3CC(C(C)(C)C4CCC(OC5CCC(C(C)(C)C6CCC(OC)C(C(=O)OC7CCC(C(C)(C)C8CCC(C)CC8)CC7)C6)CC5)CC4)CCC3OC)CC2)CC1. The number of carbonyl (C=O) groups excluding carboxylic acids is 2. The van der Waals surface area contributed by atoms with Crippen molar-refractivity contribution >= 4 is 11.9 Å². The van der Waals surface area contributed by atoms with Crippen LogP contribution in [-0.2, 0) is 38.0 Å². The molecule has 8 nitrogen and oxygen atoms in total. The Bertz CT molecular complexity index is 1720. The van der Waals surface area contributed by atoms with Gasteiger partial charge in [0.1, 0.15) is 12.2 Å². The summed E-state index contributed by atoms with van der Waals surface area (Å²) in [6, 6.07) is 0. The van der Waals surface area contributed by atoms with E-state index in [1.54, 1.807) is 14.2 Å². The summed E-state index contributed by atoms with van der Waals surface area (Å²) >= 11 is 0. The van der Waals surface area contributed by atoms with E-state index < -0.39 is 0 Å². The highest BCUT2D eigenvalue weighted by Crippen LogP contribution is 2.55. The molecule has 0 spiro atoms. The Hall–Kier alpha value is -1.22. The van der Waals surface area contributed by atoms with Crippen LogP contribution in [0.5, 0.6) is 0 Å². The van der Waals surface area contributed by atoms with E-state index in [1.807, 2.05) is 7.11 Å². The summed E-state index contributed by atoms with van der Waals surface area (Å²) in [4.78, 5) is 28.2. The fourth-order valence-electron chi connectivity index (χ4n) is 18.6. The Balaban J connectivity index is 0.748. The first-order valence-electron chi connectivity index (χ1n) is 31.9. The summed E-state index contributed by atoms with van der Waals surface area (Å²) in [6.45, 7) is 22.5. The molecule has 0 amide bonds. The van der Waals surface area contributed by atoms with Gasteiger partial charge < -0.3 is 28.4 Å². The Morgan fingerprint density at radius 1 is 0.311 bits per heavy atom. The predicted octanol–water partition coefficient (Wildman–Crippen LogP) is 16.3. The smallest absolute Gasteiger partial charge is 0.311 e. The molecule has 0 saturated heterocycles. The van der Waals surface area contributed by atoms with E-state index in [2.05, 4.69) is 62.3 Å². The molecule has 0 aromatic heterocycles. The zero-order valence-corrected chi connectivity index (χ0v) is 49.9. The minimum atomic E-state index is -0.172. The maximum Gasteiger partial charge on any atom is 0.311 e. The van der Waals surface area contributed by atoms with Crippen molar-refractivity contribution in [3.8, 4) is 0 Å². The van der Waals surface area contributed by atoms with Crippen LogP contribution in [0.2, 0.25) is 0 Å². The van der Waals surface area contributed by atoms with Gasteiger partial charge in [-0.2, -0.15) is 0 Å². The van der Waals surface area contributed by atoms with Gasteiger partial charge in [-0.15, -0.1) is 0 Å². The number of hydrogen-bond donors (Lipinski definition) is 0. The highest BCUT2D eigenvalue weighted by molar-refractivity contribution is 5.74. The molecule has 8 rings (SSSR count). The monoisotopic (exact) mass is 1030 g/mol. The van der Waals surface area contributed by atoms with Crippen molar-refractivity contribution < 1.29 is 38.0 Å². The van der Waals surface area contributed by atoms with Crippen molar-refractivity contribution in [3.63, 3.8) is 0 Å². The molecule has 0 aromatic carbocycles. The van der Waals surface area contributed by atoms with Gasteiger partial charge >= 0.3 is 11.9 Å². The highest BCUT2D eigenvalue weighted by atomic mass is 16.6. The van der Waals surface area contributed by atoms with Crippen molar-refractivity contribution in [2.45, 2.75) is 298 Å². The van der Waals surface area contributed by atoms with Gasteiger partial charge in [0.25, 0.3) is 0 Å². The zero-order chi connectivity index (χ0) is 53.0. The molecular weight excluding hydrogens is 921 g/mol. The molecule has 8 aliphatic carbocycles. The van der Waals surface area contributed by atoms with Crippen molar-refractivity contribution in [1.82, 2.24) is 0 Å². The van der Waals surface area contributed by atoms with Crippen molar-refractivity contribution in [1.29, 1.82) is 0 Å².